The van der Waals surface area contributed by atoms with Crippen molar-refractivity contribution in [2.45, 2.75) is 24.8 Å². The van der Waals surface area contributed by atoms with Crippen molar-refractivity contribution >= 4 is 23.4 Å². The Bertz CT molecular complexity index is 987. The van der Waals surface area contributed by atoms with E-state index in [2.05, 4.69) is 25.1 Å². The summed E-state index contributed by atoms with van der Waals surface area (Å²) in [5.74, 6) is 0.705. The molecule has 1 saturated carbocycles. The first-order valence-electron chi connectivity index (χ1n) is 6.81. The second-order valence-corrected chi connectivity index (χ2v) is 5.46. The molecule has 23 heavy (non-hydrogen) atoms. The summed E-state index contributed by atoms with van der Waals surface area (Å²) >= 11 is 0. The number of halogens is 1. The minimum atomic E-state index is -0.604. The van der Waals surface area contributed by atoms with Crippen molar-refractivity contribution in [3.63, 3.8) is 0 Å². The molecule has 3 aromatic heterocycles. The van der Waals surface area contributed by atoms with Gasteiger partial charge in [0.2, 0.25) is 0 Å². The summed E-state index contributed by atoms with van der Waals surface area (Å²) < 4.78 is 5.22. The van der Waals surface area contributed by atoms with Crippen molar-refractivity contribution in [2.75, 3.05) is 0 Å². The number of hydrogen-bond donors (Lipinski definition) is 3. The first-order chi connectivity index (χ1) is 10.5. The average Bonchev–Trinajstić information content (AvgIpc) is 2.94. The predicted molar refractivity (Wildman–Crippen MR) is 83.2 cm³/mol. The summed E-state index contributed by atoms with van der Waals surface area (Å²) in [6.45, 7) is 0. The average molecular weight is 337 g/mol. The molecule has 0 saturated heterocycles. The van der Waals surface area contributed by atoms with Gasteiger partial charge in [-0.05, 0) is 25.3 Å². The third-order valence-electron chi connectivity index (χ3n) is 3.96. The van der Waals surface area contributed by atoms with Crippen LogP contribution in [0.3, 0.4) is 0 Å². The second kappa shape index (κ2) is 5.28. The van der Waals surface area contributed by atoms with Gasteiger partial charge in [-0.1, -0.05) is 5.16 Å². The molecule has 0 aliphatic heterocycles. The number of nitrogens with zero attached hydrogens (tertiary/aromatic N) is 3. The van der Waals surface area contributed by atoms with Crippen molar-refractivity contribution in [1.29, 1.82) is 0 Å². The SMILES string of the molecule is Cl.NC1(c2noc(-c3cnc4[nH]c(=O)[nH]c(=O)c4c3)n2)CCC1. The Labute approximate surface area is 134 Å². The molecule has 10 heteroatoms. The fourth-order valence-corrected chi connectivity index (χ4v) is 2.49. The van der Waals surface area contributed by atoms with Gasteiger partial charge in [-0.15, -0.1) is 12.4 Å². The summed E-state index contributed by atoms with van der Waals surface area (Å²) in [4.78, 5) is 36.0. The van der Waals surface area contributed by atoms with Crippen LogP contribution < -0.4 is 17.0 Å². The smallest absolute Gasteiger partial charge is 0.327 e. The summed E-state index contributed by atoms with van der Waals surface area (Å²) in [6, 6.07) is 1.54. The molecule has 120 valence electrons. The topological polar surface area (TPSA) is 144 Å². The van der Waals surface area contributed by atoms with E-state index < -0.39 is 16.8 Å². The van der Waals surface area contributed by atoms with Crippen LogP contribution in [0, 0.1) is 0 Å². The van der Waals surface area contributed by atoms with Gasteiger partial charge in [-0.25, -0.2) is 9.78 Å². The Morgan fingerprint density at radius 1 is 1.26 bits per heavy atom. The van der Waals surface area contributed by atoms with Gasteiger partial charge in [0.05, 0.1) is 16.5 Å². The second-order valence-electron chi connectivity index (χ2n) is 5.46. The Morgan fingerprint density at radius 3 is 2.74 bits per heavy atom. The van der Waals surface area contributed by atoms with E-state index in [9.17, 15) is 9.59 Å². The molecule has 3 heterocycles. The van der Waals surface area contributed by atoms with E-state index in [1.807, 2.05) is 0 Å². The summed E-state index contributed by atoms with van der Waals surface area (Å²) in [6.07, 6.45) is 4.14. The van der Waals surface area contributed by atoms with Crippen molar-refractivity contribution in [3.05, 3.63) is 38.9 Å². The third-order valence-corrected chi connectivity index (χ3v) is 3.96. The number of nitrogens with one attached hydrogen (secondary N) is 2. The summed E-state index contributed by atoms with van der Waals surface area (Å²) in [5.41, 5.74) is 5.20. The number of pyridine rings is 1. The fourth-order valence-electron chi connectivity index (χ4n) is 2.49. The van der Waals surface area contributed by atoms with Gasteiger partial charge in [0.15, 0.2) is 5.82 Å². The molecular formula is C13H13ClN6O3. The van der Waals surface area contributed by atoms with Gasteiger partial charge in [0, 0.05) is 6.20 Å². The molecule has 0 aromatic carbocycles. The summed E-state index contributed by atoms with van der Waals surface area (Å²) in [5, 5.41) is 4.16. The monoisotopic (exact) mass is 336 g/mol. The molecule has 0 atom stereocenters. The standard InChI is InChI=1S/C13H12N6O3.ClH/c14-13(2-1-3-13)11-18-10(22-19-11)6-4-7-8(15-5-6)16-12(21)17-9(7)20;/h4-5H,1-3,14H2,(H2,15,16,17,20,21);1H. The van der Waals surface area contributed by atoms with Crippen LogP contribution in [-0.4, -0.2) is 25.1 Å². The highest BCUT2D eigenvalue weighted by Crippen LogP contribution is 2.37. The number of H-pyrrole nitrogens is 2. The van der Waals surface area contributed by atoms with Crippen molar-refractivity contribution < 1.29 is 4.52 Å². The molecule has 0 amide bonds. The maximum atomic E-state index is 11.8. The number of nitrogens with two attached hydrogens (primary N) is 1. The largest absolute Gasteiger partial charge is 0.334 e. The van der Waals surface area contributed by atoms with E-state index in [4.69, 9.17) is 10.3 Å². The van der Waals surface area contributed by atoms with Gasteiger partial charge in [0.25, 0.3) is 11.4 Å². The van der Waals surface area contributed by atoms with Crippen LogP contribution in [0.5, 0.6) is 0 Å². The molecule has 0 spiro atoms. The van der Waals surface area contributed by atoms with Crippen LogP contribution in [0.15, 0.2) is 26.4 Å². The van der Waals surface area contributed by atoms with E-state index in [0.717, 1.165) is 19.3 Å². The predicted octanol–water partition coefficient (Wildman–Crippen LogP) is 0.421. The normalized spacial score (nSPS) is 15.9. The first-order valence-corrected chi connectivity index (χ1v) is 6.81. The Balaban J connectivity index is 0.00000156. The lowest BCUT2D eigenvalue weighted by Crippen LogP contribution is -2.44. The van der Waals surface area contributed by atoms with E-state index in [0.29, 0.717) is 11.4 Å². The molecular weight excluding hydrogens is 324 g/mol. The first kappa shape index (κ1) is 15.4. The number of fused-ring (bicyclic) bond motifs is 1. The van der Waals surface area contributed by atoms with Crippen molar-refractivity contribution in [1.82, 2.24) is 25.1 Å². The van der Waals surface area contributed by atoms with E-state index in [1.165, 1.54) is 6.20 Å². The zero-order valence-electron chi connectivity index (χ0n) is 11.8. The number of aromatic amines is 2. The van der Waals surface area contributed by atoms with Crippen LogP contribution in [0.2, 0.25) is 0 Å². The fraction of sp³-hybridized carbons (Fsp3) is 0.308. The van der Waals surface area contributed by atoms with Crippen LogP contribution >= 0.6 is 12.4 Å². The Morgan fingerprint density at radius 2 is 2.04 bits per heavy atom. The maximum absolute atomic E-state index is 11.8. The zero-order chi connectivity index (χ0) is 15.3. The van der Waals surface area contributed by atoms with Gasteiger partial charge < -0.3 is 10.3 Å². The van der Waals surface area contributed by atoms with Gasteiger partial charge >= 0.3 is 5.69 Å². The molecule has 1 aliphatic carbocycles. The van der Waals surface area contributed by atoms with Gasteiger partial charge in [0.1, 0.15) is 5.65 Å². The number of hydrogen-bond acceptors (Lipinski definition) is 7. The highest BCUT2D eigenvalue weighted by Gasteiger charge is 2.39. The lowest BCUT2D eigenvalue weighted by molar-refractivity contribution is 0.229. The third kappa shape index (κ3) is 2.43. The molecule has 4 rings (SSSR count). The lowest BCUT2D eigenvalue weighted by Gasteiger charge is -2.34. The van der Waals surface area contributed by atoms with E-state index >= 15 is 0 Å². The molecule has 0 radical (unpaired) electrons. The van der Waals surface area contributed by atoms with Crippen molar-refractivity contribution in [3.8, 4) is 11.5 Å². The number of rotatable bonds is 2. The van der Waals surface area contributed by atoms with E-state index in [-0.39, 0.29) is 29.3 Å². The minimum absolute atomic E-state index is 0. The van der Waals surface area contributed by atoms with Gasteiger partial charge in [-0.3, -0.25) is 14.8 Å². The molecule has 9 nitrogen and oxygen atoms in total. The quantitative estimate of drug-likeness (QED) is 0.615. The van der Waals surface area contributed by atoms with Crippen LogP contribution in [0.4, 0.5) is 0 Å². The van der Waals surface area contributed by atoms with Crippen molar-refractivity contribution in [2.24, 2.45) is 5.73 Å². The maximum Gasteiger partial charge on any atom is 0.327 e. The lowest BCUT2D eigenvalue weighted by atomic mass is 9.77. The zero-order valence-corrected chi connectivity index (χ0v) is 12.6. The summed E-state index contributed by atoms with van der Waals surface area (Å²) in [7, 11) is 0. The molecule has 1 aliphatic rings. The highest BCUT2D eigenvalue weighted by atomic mass is 35.5. The molecule has 4 N–H and O–H groups in total. The van der Waals surface area contributed by atoms with Gasteiger partial charge in [-0.2, -0.15) is 4.98 Å². The Hall–Kier alpha value is -2.52. The number of aromatic nitrogens is 5. The van der Waals surface area contributed by atoms with Crippen LogP contribution in [-0.2, 0) is 5.54 Å². The molecule has 0 bridgehead atoms. The van der Waals surface area contributed by atoms with Crippen LogP contribution in [0.25, 0.3) is 22.5 Å². The van der Waals surface area contributed by atoms with E-state index in [1.54, 1.807) is 6.07 Å². The highest BCUT2D eigenvalue weighted by molar-refractivity contribution is 5.85. The molecule has 3 aromatic rings. The Kier molecular flexibility index (Phi) is 3.53. The molecule has 0 unspecified atom stereocenters. The van der Waals surface area contributed by atoms with Crippen LogP contribution in [0.1, 0.15) is 25.1 Å². The molecule has 1 fully saturated rings. The minimum Gasteiger partial charge on any atom is -0.334 e.